The average molecular weight is 491 g/mol. The standard InChI is InChI=1S/C28H31FN4O3/c1-28(27(35)30-21-9-4-3-5-10-21)18-33-25(16-24(31-33)19-12-14-22(36-2)15-13-19)26(34)32(28)17-20-8-6-7-11-23(20)29/h6-8,11-16,21H,3-5,9-10,17-18H2,1-2H3,(H,30,35)/t28-/m0/s1. The summed E-state index contributed by atoms with van der Waals surface area (Å²) < 4.78 is 21.5. The second-order valence-electron chi connectivity index (χ2n) is 9.87. The van der Waals surface area contributed by atoms with Crippen LogP contribution in [0.15, 0.2) is 54.6 Å². The van der Waals surface area contributed by atoms with Gasteiger partial charge < -0.3 is 15.0 Å². The zero-order valence-electron chi connectivity index (χ0n) is 20.7. The van der Waals surface area contributed by atoms with E-state index in [1.807, 2.05) is 24.3 Å². The highest BCUT2D eigenvalue weighted by molar-refractivity contribution is 6.00. The fraction of sp³-hybridized carbons (Fsp3) is 0.393. The molecule has 1 saturated carbocycles. The number of nitrogens with zero attached hydrogens (tertiary/aromatic N) is 3. The molecule has 0 spiro atoms. The molecular weight excluding hydrogens is 459 g/mol. The lowest BCUT2D eigenvalue weighted by molar-refractivity contribution is -0.134. The molecule has 2 aliphatic rings. The van der Waals surface area contributed by atoms with Crippen molar-refractivity contribution in [2.45, 2.75) is 63.7 Å². The first kappa shape index (κ1) is 24.0. The minimum atomic E-state index is -1.23. The Balaban J connectivity index is 1.51. The summed E-state index contributed by atoms with van der Waals surface area (Å²) in [6, 6.07) is 15.6. The van der Waals surface area contributed by atoms with Crippen LogP contribution >= 0.6 is 0 Å². The summed E-state index contributed by atoms with van der Waals surface area (Å²) in [7, 11) is 1.60. The van der Waals surface area contributed by atoms with E-state index < -0.39 is 11.4 Å². The van der Waals surface area contributed by atoms with Gasteiger partial charge in [-0.2, -0.15) is 5.10 Å². The molecule has 5 rings (SSSR count). The van der Waals surface area contributed by atoms with Crippen LogP contribution in [0.2, 0.25) is 0 Å². The molecule has 2 amide bonds. The zero-order valence-corrected chi connectivity index (χ0v) is 20.7. The minimum absolute atomic E-state index is 0.0108. The first-order valence-electron chi connectivity index (χ1n) is 12.5. The summed E-state index contributed by atoms with van der Waals surface area (Å²) in [5.74, 6) is -0.260. The molecule has 188 valence electrons. The summed E-state index contributed by atoms with van der Waals surface area (Å²) >= 11 is 0. The normalized spacial score (nSPS) is 20.2. The van der Waals surface area contributed by atoms with E-state index in [-0.39, 0.29) is 30.9 Å². The molecular formula is C28H31FN4O3. The number of ether oxygens (including phenoxy) is 1. The maximum absolute atomic E-state index is 14.6. The van der Waals surface area contributed by atoms with Gasteiger partial charge in [0.15, 0.2) is 0 Å². The third kappa shape index (κ3) is 4.47. The van der Waals surface area contributed by atoms with Gasteiger partial charge in [0.2, 0.25) is 5.91 Å². The fourth-order valence-electron chi connectivity index (χ4n) is 5.18. The quantitative estimate of drug-likeness (QED) is 0.550. The summed E-state index contributed by atoms with van der Waals surface area (Å²) in [5, 5.41) is 7.87. The SMILES string of the molecule is COc1ccc(-c2cc3n(n2)C[C@@](C)(C(=O)NC2CCCCC2)N(Cc2ccccc2F)C3=O)cc1. The van der Waals surface area contributed by atoms with Crippen LogP contribution in [0.1, 0.15) is 55.1 Å². The van der Waals surface area contributed by atoms with E-state index >= 15 is 0 Å². The molecule has 1 aromatic heterocycles. The van der Waals surface area contributed by atoms with Crippen molar-refractivity contribution in [3.05, 3.63) is 71.7 Å². The molecule has 0 radical (unpaired) electrons. The van der Waals surface area contributed by atoms with Gasteiger partial charge in [-0.3, -0.25) is 14.3 Å². The van der Waals surface area contributed by atoms with Crippen LogP contribution < -0.4 is 10.1 Å². The van der Waals surface area contributed by atoms with Gasteiger partial charge in [-0.15, -0.1) is 0 Å². The average Bonchev–Trinajstić information content (AvgIpc) is 3.32. The minimum Gasteiger partial charge on any atom is -0.497 e. The molecule has 2 aromatic carbocycles. The highest BCUT2D eigenvalue weighted by atomic mass is 19.1. The van der Waals surface area contributed by atoms with Gasteiger partial charge in [-0.05, 0) is 56.2 Å². The first-order chi connectivity index (χ1) is 17.4. The van der Waals surface area contributed by atoms with Crippen molar-refractivity contribution < 1.29 is 18.7 Å². The number of fused-ring (bicyclic) bond motifs is 1. The van der Waals surface area contributed by atoms with Crippen molar-refractivity contribution in [3.63, 3.8) is 0 Å². The van der Waals surface area contributed by atoms with Crippen molar-refractivity contribution in [2.75, 3.05) is 7.11 Å². The molecule has 1 aliphatic carbocycles. The maximum Gasteiger partial charge on any atom is 0.273 e. The van der Waals surface area contributed by atoms with Gasteiger partial charge in [0.1, 0.15) is 22.8 Å². The predicted molar refractivity (Wildman–Crippen MR) is 134 cm³/mol. The van der Waals surface area contributed by atoms with Gasteiger partial charge in [0.05, 0.1) is 25.9 Å². The second kappa shape index (κ2) is 9.76. The van der Waals surface area contributed by atoms with Crippen LogP contribution in [0.3, 0.4) is 0 Å². The Labute approximate surface area is 210 Å². The molecule has 1 aliphatic heterocycles. The molecule has 1 atom stereocenters. The lowest BCUT2D eigenvalue weighted by atomic mass is 9.91. The van der Waals surface area contributed by atoms with Crippen LogP contribution in [0.5, 0.6) is 5.75 Å². The first-order valence-corrected chi connectivity index (χ1v) is 12.5. The van der Waals surface area contributed by atoms with Crippen molar-refractivity contribution in [3.8, 4) is 17.0 Å². The van der Waals surface area contributed by atoms with E-state index in [9.17, 15) is 14.0 Å². The molecule has 0 unspecified atom stereocenters. The van der Waals surface area contributed by atoms with Crippen LogP contribution in [0.25, 0.3) is 11.3 Å². The van der Waals surface area contributed by atoms with Gasteiger partial charge in [-0.1, -0.05) is 37.5 Å². The molecule has 0 saturated heterocycles. The summed E-state index contributed by atoms with van der Waals surface area (Å²) in [6.07, 6.45) is 5.18. The third-order valence-electron chi connectivity index (χ3n) is 7.40. The van der Waals surface area contributed by atoms with Gasteiger partial charge in [0, 0.05) is 17.2 Å². The number of halogens is 1. The van der Waals surface area contributed by atoms with Crippen molar-refractivity contribution in [1.82, 2.24) is 20.0 Å². The summed E-state index contributed by atoms with van der Waals surface area (Å²) in [5.41, 5.74) is 0.974. The number of hydrogen-bond acceptors (Lipinski definition) is 4. The van der Waals surface area contributed by atoms with E-state index in [1.54, 1.807) is 43.0 Å². The Morgan fingerprint density at radius 3 is 2.56 bits per heavy atom. The van der Waals surface area contributed by atoms with Gasteiger partial charge in [-0.25, -0.2) is 4.39 Å². The van der Waals surface area contributed by atoms with E-state index in [2.05, 4.69) is 10.4 Å². The van der Waals surface area contributed by atoms with Crippen molar-refractivity contribution >= 4 is 11.8 Å². The van der Waals surface area contributed by atoms with Gasteiger partial charge in [0.25, 0.3) is 5.91 Å². The number of nitrogens with one attached hydrogen (secondary N) is 1. The van der Waals surface area contributed by atoms with E-state index in [0.29, 0.717) is 17.0 Å². The van der Waals surface area contributed by atoms with Crippen molar-refractivity contribution in [1.29, 1.82) is 0 Å². The molecule has 36 heavy (non-hydrogen) atoms. The van der Waals surface area contributed by atoms with Crippen LogP contribution in [-0.2, 0) is 17.9 Å². The molecule has 2 heterocycles. The topological polar surface area (TPSA) is 76.5 Å². The number of benzene rings is 2. The summed E-state index contributed by atoms with van der Waals surface area (Å²) in [6.45, 7) is 1.92. The number of rotatable bonds is 6. The largest absolute Gasteiger partial charge is 0.497 e. The Hall–Kier alpha value is -3.68. The van der Waals surface area contributed by atoms with E-state index in [4.69, 9.17) is 4.74 Å². The number of amides is 2. The monoisotopic (exact) mass is 490 g/mol. The zero-order chi connectivity index (χ0) is 25.3. The molecule has 1 N–H and O–H groups in total. The number of aromatic nitrogens is 2. The smallest absolute Gasteiger partial charge is 0.273 e. The van der Waals surface area contributed by atoms with Crippen LogP contribution in [0.4, 0.5) is 4.39 Å². The molecule has 8 heteroatoms. The van der Waals surface area contributed by atoms with Gasteiger partial charge >= 0.3 is 0 Å². The Bertz CT molecular complexity index is 1270. The second-order valence-corrected chi connectivity index (χ2v) is 9.87. The lowest BCUT2D eigenvalue weighted by Gasteiger charge is -2.44. The van der Waals surface area contributed by atoms with Crippen molar-refractivity contribution in [2.24, 2.45) is 0 Å². The van der Waals surface area contributed by atoms with Crippen LogP contribution in [0, 0.1) is 5.82 Å². The Kier molecular flexibility index (Phi) is 6.51. The predicted octanol–water partition coefficient (Wildman–Crippen LogP) is 4.56. The number of carbonyl (C=O) groups is 2. The van der Waals surface area contributed by atoms with E-state index in [0.717, 1.165) is 37.0 Å². The molecule has 7 nitrogen and oxygen atoms in total. The molecule has 0 bridgehead atoms. The number of methoxy groups -OCH3 is 1. The van der Waals surface area contributed by atoms with E-state index in [1.165, 1.54) is 17.4 Å². The molecule has 1 fully saturated rings. The fourth-order valence-corrected chi connectivity index (χ4v) is 5.18. The Morgan fingerprint density at radius 2 is 1.86 bits per heavy atom. The lowest BCUT2D eigenvalue weighted by Crippen LogP contribution is -2.64. The Morgan fingerprint density at radius 1 is 1.14 bits per heavy atom. The summed E-state index contributed by atoms with van der Waals surface area (Å²) in [4.78, 5) is 29.1. The molecule has 3 aromatic rings. The highest BCUT2D eigenvalue weighted by Gasteiger charge is 2.48. The van der Waals surface area contributed by atoms with Crippen LogP contribution in [-0.4, -0.2) is 45.2 Å². The number of carbonyl (C=O) groups excluding carboxylic acids is 2. The third-order valence-corrected chi connectivity index (χ3v) is 7.40. The number of hydrogen-bond donors (Lipinski definition) is 1. The highest BCUT2D eigenvalue weighted by Crippen LogP contribution is 2.33. The maximum atomic E-state index is 14.6.